The number of nitrogens with zero attached hydrogens (tertiary/aromatic N) is 2. The lowest BCUT2D eigenvalue weighted by Crippen LogP contribution is -2.47. The van der Waals surface area contributed by atoms with Crippen LogP contribution in [0.2, 0.25) is 0 Å². The van der Waals surface area contributed by atoms with E-state index in [1.165, 1.54) is 5.56 Å². The first-order valence-corrected chi connectivity index (χ1v) is 5.25. The Morgan fingerprint density at radius 1 is 1.60 bits per heavy atom. The minimum atomic E-state index is -0.380. The first kappa shape index (κ1) is 12.2. The molecule has 0 aliphatic carbocycles. The number of aryl methyl sites for hydroxylation is 1. The molecule has 0 saturated carbocycles. The highest BCUT2D eigenvalue weighted by atomic mass is 16.3. The van der Waals surface area contributed by atoms with Crippen LogP contribution >= 0.6 is 0 Å². The van der Waals surface area contributed by atoms with Gasteiger partial charge in [0.25, 0.3) is 0 Å². The Morgan fingerprint density at radius 2 is 2.20 bits per heavy atom. The Kier molecular flexibility index (Phi) is 3.52. The molecule has 1 rings (SSSR count). The Morgan fingerprint density at radius 3 is 2.60 bits per heavy atom. The van der Waals surface area contributed by atoms with Gasteiger partial charge in [-0.15, -0.1) is 0 Å². The quantitative estimate of drug-likeness (QED) is 0.780. The van der Waals surface area contributed by atoms with Crippen molar-refractivity contribution in [2.24, 2.45) is 7.05 Å². The van der Waals surface area contributed by atoms with E-state index in [1.807, 2.05) is 38.7 Å². The Bertz CT molecular complexity index is 329. The van der Waals surface area contributed by atoms with Crippen molar-refractivity contribution in [2.75, 3.05) is 0 Å². The topological polar surface area (TPSA) is 50.1 Å². The minimum absolute atomic E-state index is 0.276. The molecule has 1 heterocycles. The zero-order chi connectivity index (χ0) is 11.6. The number of hydrogen-bond donors (Lipinski definition) is 2. The van der Waals surface area contributed by atoms with Gasteiger partial charge in [0.1, 0.15) is 0 Å². The highest BCUT2D eigenvalue weighted by molar-refractivity contribution is 5.15. The zero-order valence-electron chi connectivity index (χ0n) is 10.2. The second-order valence-corrected chi connectivity index (χ2v) is 4.63. The average Bonchev–Trinajstić information content (AvgIpc) is 2.45. The highest BCUT2D eigenvalue weighted by Crippen LogP contribution is 2.11. The van der Waals surface area contributed by atoms with Gasteiger partial charge >= 0.3 is 0 Å². The molecule has 0 radical (unpaired) electrons. The van der Waals surface area contributed by atoms with Crippen LogP contribution in [0.4, 0.5) is 0 Å². The summed E-state index contributed by atoms with van der Waals surface area (Å²) < 4.78 is 1.85. The number of aliphatic hydroxyl groups excluding tert-OH is 1. The summed E-state index contributed by atoms with van der Waals surface area (Å²) in [6, 6.07) is 0. The Labute approximate surface area is 91.3 Å². The van der Waals surface area contributed by atoms with Gasteiger partial charge in [0.15, 0.2) is 0 Å². The molecule has 15 heavy (non-hydrogen) atoms. The predicted octanol–water partition coefficient (Wildman–Crippen LogP) is 0.978. The third-order valence-corrected chi connectivity index (χ3v) is 3.12. The van der Waals surface area contributed by atoms with Gasteiger partial charge in [-0.3, -0.25) is 4.68 Å². The maximum absolute atomic E-state index is 9.55. The molecule has 0 aliphatic rings. The fraction of sp³-hybridized carbons (Fsp3) is 0.727. The summed E-state index contributed by atoms with van der Waals surface area (Å²) in [7, 11) is 1.93. The molecule has 0 saturated heterocycles. The van der Waals surface area contributed by atoms with E-state index in [-0.39, 0.29) is 11.6 Å². The van der Waals surface area contributed by atoms with E-state index in [0.717, 1.165) is 12.2 Å². The molecular weight excluding hydrogens is 190 g/mol. The first-order valence-electron chi connectivity index (χ1n) is 5.25. The minimum Gasteiger partial charge on any atom is -0.392 e. The summed E-state index contributed by atoms with van der Waals surface area (Å²) in [6.45, 7) is 8.55. The van der Waals surface area contributed by atoms with Crippen molar-refractivity contribution in [3.8, 4) is 0 Å². The maximum Gasteiger partial charge on any atom is 0.0688 e. The molecule has 0 aliphatic heterocycles. The molecule has 2 N–H and O–H groups in total. The van der Waals surface area contributed by atoms with Crippen LogP contribution in [0, 0.1) is 6.92 Å². The standard InChI is InChI=1S/C11H21N3O/c1-8-10(7-13-14(8)5)6-12-11(3,4)9(2)15/h7,9,12,15H,6H2,1-5H3. The SMILES string of the molecule is Cc1c(CNC(C)(C)C(C)O)cnn1C. The number of hydrogen-bond acceptors (Lipinski definition) is 3. The van der Waals surface area contributed by atoms with Crippen LogP contribution < -0.4 is 5.32 Å². The van der Waals surface area contributed by atoms with Crippen LogP contribution in [0.5, 0.6) is 0 Å². The van der Waals surface area contributed by atoms with E-state index in [1.54, 1.807) is 6.92 Å². The van der Waals surface area contributed by atoms with E-state index in [9.17, 15) is 5.11 Å². The van der Waals surface area contributed by atoms with Gasteiger partial charge in [0.05, 0.1) is 12.3 Å². The lowest BCUT2D eigenvalue weighted by Gasteiger charge is -2.29. The zero-order valence-corrected chi connectivity index (χ0v) is 10.2. The molecular formula is C11H21N3O. The third kappa shape index (κ3) is 2.79. The maximum atomic E-state index is 9.55. The summed E-state index contributed by atoms with van der Waals surface area (Å²) in [6.07, 6.45) is 1.48. The molecule has 1 aromatic rings. The van der Waals surface area contributed by atoms with E-state index < -0.39 is 0 Å². The van der Waals surface area contributed by atoms with Crippen LogP contribution in [0.15, 0.2) is 6.20 Å². The van der Waals surface area contributed by atoms with E-state index in [2.05, 4.69) is 10.4 Å². The van der Waals surface area contributed by atoms with Crippen LogP contribution in [0.1, 0.15) is 32.0 Å². The summed E-state index contributed by atoms with van der Waals surface area (Å²) in [5.41, 5.74) is 2.05. The van der Waals surface area contributed by atoms with Crippen LogP contribution in [-0.2, 0) is 13.6 Å². The van der Waals surface area contributed by atoms with Gasteiger partial charge in [-0.2, -0.15) is 5.10 Å². The van der Waals surface area contributed by atoms with Gasteiger partial charge in [-0.05, 0) is 27.7 Å². The summed E-state index contributed by atoms with van der Waals surface area (Å²) in [5.74, 6) is 0. The van der Waals surface area contributed by atoms with Crippen molar-refractivity contribution in [1.82, 2.24) is 15.1 Å². The molecule has 4 nitrogen and oxygen atoms in total. The van der Waals surface area contributed by atoms with Crippen LogP contribution in [0.3, 0.4) is 0 Å². The Hall–Kier alpha value is -0.870. The molecule has 0 fully saturated rings. The Balaban J connectivity index is 2.61. The number of aromatic nitrogens is 2. The second kappa shape index (κ2) is 4.33. The van der Waals surface area contributed by atoms with E-state index in [0.29, 0.717) is 0 Å². The van der Waals surface area contributed by atoms with Gasteiger partial charge in [0, 0.05) is 30.4 Å². The molecule has 0 amide bonds. The molecule has 1 aromatic heterocycles. The molecule has 0 spiro atoms. The summed E-state index contributed by atoms with van der Waals surface area (Å²) >= 11 is 0. The average molecular weight is 211 g/mol. The summed E-state index contributed by atoms with van der Waals surface area (Å²) in [4.78, 5) is 0. The van der Waals surface area contributed by atoms with E-state index >= 15 is 0 Å². The van der Waals surface area contributed by atoms with E-state index in [4.69, 9.17) is 0 Å². The van der Waals surface area contributed by atoms with Gasteiger partial charge in [-0.1, -0.05) is 0 Å². The fourth-order valence-electron chi connectivity index (χ4n) is 1.19. The van der Waals surface area contributed by atoms with Crippen molar-refractivity contribution < 1.29 is 5.11 Å². The lowest BCUT2D eigenvalue weighted by molar-refractivity contribution is 0.0956. The van der Waals surface area contributed by atoms with Crippen molar-refractivity contribution in [1.29, 1.82) is 0 Å². The van der Waals surface area contributed by atoms with Crippen molar-refractivity contribution in [3.63, 3.8) is 0 Å². The molecule has 1 unspecified atom stereocenters. The molecule has 0 aromatic carbocycles. The van der Waals surface area contributed by atoms with Crippen molar-refractivity contribution >= 4 is 0 Å². The predicted molar refractivity (Wildman–Crippen MR) is 60.5 cm³/mol. The summed E-state index contributed by atoms with van der Waals surface area (Å²) in [5, 5.41) is 17.1. The fourth-order valence-corrected chi connectivity index (χ4v) is 1.19. The third-order valence-electron chi connectivity index (χ3n) is 3.12. The van der Waals surface area contributed by atoms with Crippen LogP contribution in [0.25, 0.3) is 0 Å². The number of aliphatic hydroxyl groups is 1. The normalized spacial score (nSPS) is 14.3. The van der Waals surface area contributed by atoms with Gasteiger partial charge in [-0.25, -0.2) is 0 Å². The molecule has 0 bridgehead atoms. The molecule has 86 valence electrons. The molecule has 4 heteroatoms. The van der Waals surface area contributed by atoms with Gasteiger partial charge in [0.2, 0.25) is 0 Å². The number of nitrogens with one attached hydrogen (secondary N) is 1. The molecule has 1 atom stereocenters. The van der Waals surface area contributed by atoms with Gasteiger partial charge < -0.3 is 10.4 Å². The monoisotopic (exact) mass is 211 g/mol. The first-order chi connectivity index (χ1) is 6.84. The lowest BCUT2D eigenvalue weighted by atomic mass is 9.98. The highest BCUT2D eigenvalue weighted by Gasteiger charge is 2.23. The number of rotatable bonds is 4. The van der Waals surface area contributed by atoms with Crippen molar-refractivity contribution in [2.45, 2.75) is 45.9 Å². The van der Waals surface area contributed by atoms with Crippen molar-refractivity contribution in [3.05, 3.63) is 17.5 Å². The van der Waals surface area contributed by atoms with Crippen LogP contribution in [-0.4, -0.2) is 26.5 Å². The smallest absolute Gasteiger partial charge is 0.0688 e. The second-order valence-electron chi connectivity index (χ2n) is 4.63. The largest absolute Gasteiger partial charge is 0.392 e.